The third-order valence-corrected chi connectivity index (χ3v) is 7.35. The average Bonchev–Trinajstić information content (AvgIpc) is 3.01. The van der Waals surface area contributed by atoms with Gasteiger partial charge in [-0.05, 0) is 37.1 Å². The highest BCUT2D eigenvalue weighted by molar-refractivity contribution is 7.99. The molecule has 1 N–H and O–H groups in total. The number of rotatable bonds is 7. The lowest BCUT2D eigenvalue weighted by molar-refractivity contribution is -0.150. The molecule has 0 bridgehead atoms. The zero-order valence-corrected chi connectivity index (χ0v) is 19.8. The van der Waals surface area contributed by atoms with E-state index in [9.17, 15) is 19.2 Å². The highest BCUT2D eigenvalue weighted by atomic mass is 32.2. The molecule has 0 unspecified atom stereocenters. The lowest BCUT2D eigenvalue weighted by atomic mass is 9.81. The fraction of sp³-hybridized carbons (Fsp3) is 0.360. The molecular formula is C25H27N3O5S. The Kier molecular flexibility index (Phi) is 7.21. The number of hydrogen-bond donors (Lipinski definition) is 1. The number of hydrogen-bond acceptors (Lipinski definition) is 6. The summed E-state index contributed by atoms with van der Waals surface area (Å²) in [6.45, 7) is -1.02. The number of ether oxygens (including phenoxy) is 1. The SMILES string of the molecule is CN1C(=O)N(CC(=O)OCC(=O)Nc2ccccc2Sc2ccccc2)C(=O)C12CCCCC2. The summed E-state index contributed by atoms with van der Waals surface area (Å²) in [7, 11) is 1.61. The summed E-state index contributed by atoms with van der Waals surface area (Å²) in [4.78, 5) is 54.7. The summed E-state index contributed by atoms with van der Waals surface area (Å²) < 4.78 is 5.08. The molecule has 4 rings (SSSR count). The molecule has 1 heterocycles. The highest BCUT2D eigenvalue weighted by Crippen LogP contribution is 2.39. The minimum absolute atomic E-state index is 0.354. The van der Waals surface area contributed by atoms with Crippen LogP contribution in [0.2, 0.25) is 0 Å². The molecule has 1 aliphatic heterocycles. The van der Waals surface area contributed by atoms with Crippen LogP contribution >= 0.6 is 11.8 Å². The third kappa shape index (κ3) is 4.94. The van der Waals surface area contributed by atoms with Crippen molar-refractivity contribution < 1.29 is 23.9 Å². The van der Waals surface area contributed by atoms with E-state index in [1.165, 1.54) is 16.7 Å². The molecule has 4 amide bonds. The first-order valence-electron chi connectivity index (χ1n) is 11.3. The van der Waals surface area contributed by atoms with E-state index in [-0.39, 0.29) is 5.91 Å². The number of esters is 1. The van der Waals surface area contributed by atoms with Gasteiger partial charge in [0.15, 0.2) is 6.61 Å². The van der Waals surface area contributed by atoms with E-state index in [4.69, 9.17) is 4.74 Å². The number of benzene rings is 2. The summed E-state index contributed by atoms with van der Waals surface area (Å²) in [5.41, 5.74) is -0.254. The lowest BCUT2D eigenvalue weighted by Gasteiger charge is -2.35. The summed E-state index contributed by atoms with van der Waals surface area (Å²) in [5, 5.41) is 2.76. The topological polar surface area (TPSA) is 96.0 Å². The number of para-hydroxylation sites is 1. The number of urea groups is 1. The Morgan fingerprint density at radius 2 is 1.68 bits per heavy atom. The zero-order chi connectivity index (χ0) is 24.1. The van der Waals surface area contributed by atoms with E-state index in [0.717, 1.165) is 34.0 Å². The van der Waals surface area contributed by atoms with Gasteiger partial charge in [0, 0.05) is 16.8 Å². The lowest BCUT2D eigenvalue weighted by Crippen LogP contribution is -2.49. The number of carbonyl (C=O) groups is 4. The van der Waals surface area contributed by atoms with E-state index >= 15 is 0 Å². The van der Waals surface area contributed by atoms with Gasteiger partial charge in [0.25, 0.3) is 11.8 Å². The number of nitrogens with zero attached hydrogens (tertiary/aromatic N) is 2. The van der Waals surface area contributed by atoms with Crippen molar-refractivity contribution in [3.63, 3.8) is 0 Å². The first-order chi connectivity index (χ1) is 16.4. The average molecular weight is 482 g/mol. The molecule has 1 aliphatic carbocycles. The van der Waals surface area contributed by atoms with Gasteiger partial charge < -0.3 is 15.0 Å². The van der Waals surface area contributed by atoms with Crippen molar-refractivity contribution in [1.82, 2.24) is 9.80 Å². The third-order valence-electron chi connectivity index (χ3n) is 6.27. The molecule has 8 nitrogen and oxygen atoms in total. The van der Waals surface area contributed by atoms with Gasteiger partial charge in [-0.15, -0.1) is 0 Å². The largest absolute Gasteiger partial charge is 0.454 e. The van der Waals surface area contributed by atoms with Crippen molar-refractivity contribution >= 4 is 41.3 Å². The maximum Gasteiger partial charge on any atom is 0.327 e. The fourth-order valence-corrected chi connectivity index (χ4v) is 5.38. The van der Waals surface area contributed by atoms with Gasteiger partial charge in [-0.25, -0.2) is 4.79 Å². The first-order valence-corrected chi connectivity index (χ1v) is 12.1. The molecular weight excluding hydrogens is 454 g/mol. The second kappa shape index (κ2) is 10.3. The van der Waals surface area contributed by atoms with Gasteiger partial charge in [0.05, 0.1) is 5.69 Å². The molecule has 9 heteroatoms. The molecule has 178 valence electrons. The van der Waals surface area contributed by atoms with E-state index in [1.54, 1.807) is 19.2 Å². The van der Waals surface area contributed by atoms with Crippen LogP contribution in [0, 0.1) is 0 Å². The molecule has 0 radical (unpaired) electrons. The predicted molar refractivity (Wildman–Crippen MR) is 127 cm³/mol. The summed E-state index contributed by atoms with van der Waals surface area (Å²) in [5.74, 6) is -1.66. The second-order valence-corrected chi connectivity index (χ2v) is 9.56. The Morgan fingerprint density at radius 3 is 2.41 bits per heavy atom. The van der Waals surface area contributed by atoms with Gasteiger partial charge >= 0.3 is 12.0 Å². The number of carbonyl (C=O) groups excluding carboxylic acids is 4. The second-order valence-electron chi connectivity index (χ2n) is 8.45. The molecule has 2 aliphatic rings. The molecule has 1 saturated carbocycles. The Bertz CT molecular complexity index is 1080. The van der Waals surface area contributed by atoms with Crippen LogP contribution in [0.15, 0.2) is 64.4 Å². The maximum absolute atomic E-state index is 13.0. The van der Waals surface area contributed by atoms with Crippen LogP contribution < -0.4 is 5.32 Å². The summed E-state index contributed by atoms with van der Waals surface area (Å²) in [6, 6.07) is 16.6. The van der Waals surface area contributed by atoms with E-state index in [0.29, 0.717) is 18.5 Å². The van der Waals surface area contributed by atoms with Gasteiger partial charge in [0.1, 0.15) is 12.1 Å². The Balaban J connectivity index is 1.31. The van der Waals surface area contributed by atoms with Crippen molar-refractivity contribution in [3.8, 4) is 0 Å². The fourth-order valence-electron chi connectivity index (χ4n) is 4.45. The standard InChI is InChI=1S/C25H27N3O5S/c1-27-24(32)28(23(31)25(27)14-8-3-9-15-25)16-22(30)33-17-21(29)26-19-12-6-7-13-20(19)34-18-10-4-2-5-11-18/h2,4-7,10-13H,3,8-9,14-17H2,1H3,(H,26,29). The van der Waals surface area contributed by atoms with Crippen LogP contribution in [-0.2, 0) is 19.1 Å². The van der Waals surface area contributed by atoms with Gasteiger partial charge in [-0.2, -0.15) is 0 Å². The predicted octanol–water partition coefficient (Wildman–Crippen LogP) is 3.92. The molecule has 1 spiro atoms. The molecule has 0 aromatic heterocycles. The van der Waals surface area contributed by atoms with E-state index < -0.39 is 36.6 Å². The van der Waals surface area contributed by atoms with Gasteiger partial charge in [0.2, 0.25) is 0 Å². The Morgan fingerprint density at radius 1 is 1.00 bits per heavy atom. The molecule has 34 heavy (non-hydrogen) atoms. The van der Waals surface area contributed by atoms with Gasteiger partial charge in [-0.3, -0.25) is 19.3 Å². The first kappa shape index (κ1) is 23.8. The normalized spacial score (nSPS) is 17.2. The Hall–Kier alpha value is -3.33. The minimum atomic E-state index is -0.854. The van der Waals surface area contributed by atoms with Crippen LogP contribution in [0.5, 0.6) is 0 Å². The van der Waals surface area contributed by atoms with Gasteiger partial charge in [-0.1, -0.05) is 61.4 Å². The molecule has 1 saturated heterocycles. The maximum atomic E-state index is 13.0. The van der Waals surface area contributed by atoms with E-state index in [1.807, 2.05) is 42.5 Å². The monoisotopic (exact) mass is 481 g/mol. The highest BCUT2D eigenvalue weighted by Gasteiger charge is 2.55. The molecule has 2 fully saturated rings. The van der Waals surface area contributed by atoms with Crippen LogP contribution in [0.4, 0.5) is 10.5 Å². The molecule has 0 atom stereocenters. The molecule has 2 aromatic rings. The van der Waals surface area contributed by atoms with Crippen LogP contribution in [0.3, 0.4) is 0 Å². The van der Waals surface area contributed by atoms with Crippen molar-refractivity contribution in [1.29, 1.82) is 0 Å². The van der Waals surface area contributed by atoms with Crippen LogP contribution in [-0.4, -0.2) is 59.4 Å². The number of nitrogens with one attached hydrogen (secondary N) is 1. The van der Waals surface area contributed by atoms with Crippen molar-refractivity contribution in [2.75, 3.05) is 25.5 Å². The minimum Gasteiger partial charge on any atom is -0.454 e. The molecule has 2 aromatic carbocycles. The zero-order valence-electron chi connectivity index (χ0n) is 19.0. The summed E-state index contributed by atoms with van der Waals surface area (Å²) >= 11 is 1.50. The smallest absolute Gasteiger partial charge is 0.327 e. The summed E-state index contributed by atoms with van der Waals surface area (Å²) in [6.07, 6.45) is 3.96. The van der Waals surface area contributed by atoms with Crippen LogP contribution in [0.1, 0.15) is 32.1 Å². The number of amides is 4. The van der Waals surface area contributed by atoms with Crippen LogP contribution in [0.25, 0.3) is 0 Å². The Labute approximate surface area is 202 Å². The number of anilines is 1. The van der Waals surface area contributed by atoms with Crippen molar-refractivity contribution in [3.05, 3.63) is 54.6 Å². The number of imide groups is 1. The van der Waals surface area contributed by atoms with Crippen molar-refractivity contribution in [2.45, 2.75) is 47.4 Å². The van der Waals surface area contributed by atoms with E-state index in [2.05, 4.69) is 5.32 Å². The quantitative estimate of drug-likeness (QED) is 0.476. The number of likely N-dealkylation sites (N-methyl/N-ethyl adjacent to an activating group) is 1. The van der Waals surface area contributed by atoms with Crippen molar-refractivity contribution in [2.24, 2.45) is 0 Å².